The second-order valence-corrected chi connectivity index (χ2v) is 14.2. The molecular weight excluding hydrogens is 536 g/mol. The predicted octanol–water partition coefficient (Wildman–Crippen LogP) is 3.56. The Morgan fingerprint density at radius 2 is 1.63 bits per heavy atom. The topological polar surface area (TPSA) is 84.4 Å². The van der Waals surface area contributed by atoms with Crippen molar-refractivity contribution in [2.45, 2.75) is 62.6 Å². The second-order valence-electron chi connectivity index (χ2n) is 12.4. The van der Waals surface area contributed by atoms with Gasteiger partial charge >= 0.3 is 0 Å². The van der Waals surface area contributed by atoms with Crippen LogP contribution in [-0.2, 0) is 14.4 Å². The van der Waals surface area contributed by atoms with Crippen LogP contribution in [0.5, 0.6) is 0 Å². The molecule has 8 nitrogen and oxygen atoms in total. The number of carbonyl (C=O) groups is 3. The predicted molar refractivity (Wildman–Crippen MR) is 165 cm³/mol. The number of hydrogen-bond donors (Lipinski definition) is 1. The lowest BCUT2D eigenvalue weighted by Gasteiger charge is -2.40. The minimum absolute atomic E-state index is 0.0702. The van der Waals surface area contributed by atoms with Crippen LogP contribution < -0.4 is 9.80 Å². The van der Waals surface area contributed by atoms with Crippen molar-refractivity contribution in [3.05, 3.63) is 48.6 Å². The summed E-state index contributed by atoms with van der Waals surface area (Å²) in [6.07, 6.45) is 8.67. The number of aliphatic hydroxyl groups excluding tert-OH is 1. The number of hydrogen-bond acceptors (Lipinski definition) is 6. The van der Waals surface area contributed by atoms with E-state index >= 15 is 0 Å². The van der Waals surface area contributed by atoms with E-state index in [0.29, 0.717) is 19.5 Å². The first-order valence-corrected chi connectivity index (χ1v) is 15.7. The fourth-order valence-corrected chi connectivity index (χ4v) is 9.60. The lowest BCUT2D eigenvalue weighted by molar-refractivity contribution is -0.145. The molecule has 222 valence electrons. The summed E-state index contributed by atoms with van der Waals surface area (Å²) in [5.74, 6) is -1.54. The van der Waals surface area contributed by atoms with Crippen LogP contribution in [0.4, 0.5) is 11.4 Å². The number of aliphatic hydroxyl groups is 1. The Morgan fingerprint density at radius 1 is 0.976 bits per heavy atom. The number of benzene rings is 1. The highest BCUT2D eigenvalue weighted by Gasteiger charge is 2.74. The molecule has 0 bridgehead atoms. The molecule has 6 atom stereocenters. The van der Waals surface area contributed by atoms with Crippen LogP contribution in [0, 0.1) is 17.8 Å². The molecule has 4 aliphatic heterocycles. The van der Waals surface area contributed by atoms with E-state index < -0.39 is 33.4 Å². The number of fused-ring (bicyclic) bond motifs is 2. The molecule has 1 spiro atoms. The number of rotatable bonds is 8. The molecule has 3 amide bonds. The molecule has 1 unspecified atom stereocenters. The van der Waals surface area contributed by atoms with Crippen molar-refractivity contribution in [1.82, 2.24) is 9.80 Å². The van der Waals surface area contributed by atoms with Gasteiger partial charge in [0.25, 0.3) is 5.91 Å². The van der Waals surface area contributed by atoms with E-state index in [-0.39, 0.29) is 30.2 Å². The number of likely N-dealkylation sites (tertiary alicyclic amines) is 1. The Labute approximate surface area is 248 Å². The molecule has 1 aromatic rings. The Hall–Kier alpha value is -2.78. The standard InChI is InChI=1S/C32H44N4O4S/c1-7-34(8-2)22-11-13-23(14-12-22)35-18-10-16-32-26(25-28(38)33(6)17-9-15-31(25,5)41-32)29(39)36(27(32)30(35)40)24(20-37)19-21(3)4/h9-16,21,24-27,37H,7-8,17-20H2,1-6H3/t24-,25+,26+,27?,31-,32+/m1/s1. The van der Waals surface area contributed by atoms with Crippen LogP contribution in [0.1, 0.15) is 41.0 Å². The Morgan fingerprint density at radius 3 is 2.24 bits per heavy atom. The molecule has 5 rings (SSSR count). The third kappa shape index (κ3) is 4.69. The largest absolute Gasteiger partial charge is 0.394 e. The van der Waals surface area contributed by atoms with Crippen LogP contribution in [0.2, 0.25) is 0 Å². The molecule has 4 aliphatic rings. The number of anilines is 2. The monoisotopic (exact) mass is 580 g/mol. The van der Waals surface area contributed by atoms with Gasteiger partial charge < -0.3 is 24.7 Å². The van der Waals surface area contributed by atoms with Gasteiger partial charge in [-0.05, 0) is 57.4 Å². The highest BCUT2D eigenvalue weighted by molar-refractivity contribution is 8.02. The van der Waals surface area contributed by atoms with Gasteiger partial charge in [0, 0.05) is 49.3 Å². The molecule has 4 heterocycles. The fourth-order valence-electron chi connectivity index (χ4n) is 7.46. The SMILES string of the molecule is CCN(CC)c1ccc(N2CC=C[C@]34S[C@]5(C)C=CCN(C)C(=O)[C@@H]5[C@H]3C(=O)N([C@@H](CO)CC(C)C)C4C2=O)cc1. The second kappa shape index (κ2) is 11.1. The van der Waals surface area contributed by atoms with E-state index in [1.807, 2.05) is 49.4 Å². The van der Waals surface area contributed by atoms with Crippen molar-refractivity contribution < 1.29 is 19.5 Å². The van der Waals surface area contributed by atoms with Crippen molar-refractivity contribution >= 4 is 40.9 Å². The summed E-state index contributed by atoms with van der Waals surface area (Å²) >= 11 is 1.58. The molecular formula is C32H44N4O4S. The van der Waals surface area contributed by atoms with Crippen LogP contribution >= 0.6 is 11.8 Å². The molecule has 1 N–H and O–H groups in total. The zero-order valence-electron chi connectivity index (χ0n) is 25.1. The van der Waals surface area contributed by atoms with Gasteiger partial charge in [-0.3, -0.25) is 14.4 Å². The van der Waals surface area contributed by atoms with Gasteiger partial charge in [0.05, 0.1) is 29.2 Å². The third-order valence-corrected chi connectivity index (χ3v) is 11.1. The van der Waals surface area contributed by atoms with E-state index in [4.69, 9.17) is 0 Å². The van der Waals surface area contributed by atoms with Crippen molar-refractivity contribution in [1.29, 1.82) is 0 Å². The molecule has 0 saturated carbocycles. The van der Waals surface area contributed by atoms with Gasteiger partial charge in [-0.15, -0.1) is 11.8 Å². The van der Waals surface area contributed by atoms with Gasteiger partial charge in [-0.2, -0.15) is 0 Å². The van der Waals surface area contributed by atoms with Crippen LogP contribution in [0.15, 0.2) is 48.6 Å². The molecule has 0 aliphatic carbocycles. The smallest absolute Gasteiger partial charge is 0.251 e. The van der Waals surface area contributed by atoms with Crippen molar-refractivity contribution in [3.63, 3.8) is 0 Å². The van der Waals surface area contributed by atoms with E-state index in [1.165, 1.54) is 0 Å². The lowest BCUT2D eigenvalue weighted by atomic mass is 9.74. The molecule has 0 radical (unpaired) electrons. The summed E-state index contributed by atoms with van der Waals surface area (Å²) in [4.78, 5) is 50.5. The minimum atomic E-state index is -0.925. The molecule has 2 saturated heterocycles. The maximum atomic E-state index is 14.8. The van der Waals surface area contributed by atoms with Gasteiger partial charge in [0.2, 0.25) is 11.8 Å². The first-order chi connectivity index (χ1) is 19.5. The lowest BCUT2D eigenvalue weighted by Crippen LogP contribution is -2.57. The quantitative estimate of drug-likeness (QED) is 0.474. The molecule has 41 heavy (non-hydrogen) atoms. The van der Waals surface area contributed by atoms with E-state index in [9.17, 15) is 19.5 Å². The highest BCUT2D eigenvalue weighted by Crippen LogP contribution is 2.66. The normalized spacial score (nSPS) is 31.8. The van der Waals surface area contributed by atoms with E-state index in [0.717, 1.165) is 24.5 Å². The van der Waals surface area contributed by atoms with Crippen molar-refractivity contribution in [2.75, 3.05) is 49.6 Å². The van der Waals surface area contributed by atoms with Crippen LogP contribution in [0.3, 0.4) is 0 Å². The summed E-state index contributed by atoms with van der Waals surface area (Å²) in [7, 11) is 1.77. The van der Waals surface area contributed by atoms with E-state index in [2.05, 4.69) is 38.7 Å². The first-order valence-electron chi connectivity index (χ1n) is 14.9. The average Bonchev–Trinajstić information content (AvgIpc) is 3.23. The summed E-state index contributed by atoms with van der Waals surface area (Å²) in [5, 5.41) is 10.6. The number of carbonyl (C=O) groups excluding carboxylic acids is 3. The number of amides is 3. The maximum absolute atomic E-state index is 14.8. The third-order valence-electron chi connectivity index (χ3n) is 9.33. The summed E-state index contributed by atoms with van der Waals surface area (Å²) in [5.41, 5.74) is 1.86. The van der Waals surface area contributed by atoms with Gasteiger partial charge in [-0.1, -0.05) is 38.2 Å². The van der Waals surface area contributed by atoms with Gasteiger partial charge in [0.1, 0.15) is 6.04 Å². The van der Waals surface area contributed by atoms with Crippen molar-refractivity contribution in [3.8, 4) is 0 Å². The Bertz CT molecular complexity index is 1240. The Balaban J connectivity index is 1.62. The van der Waals surface area contributed by atoms with Gasteiger partial charge in [-0.25, -0.2) is 0 Å². The van der Waals surface area contributed by atoms with Gasteiger partial charge in [0.15, 0.2) is 0 Å². The van der Waals surface area contributed by atoms with E-state index in [1.54, 1.807) is 33.5 Å². The summed E-state index contributed by atoms with van der Waals surface area (Å²) < 4.78 is -1.56. The van der Waals surface area contributed by atoms with Crippen LogP contribution in [-0.4, -0.2) is 94.0 Å². The fraction of sp³-hybridized carbons (Fsp3) is 0.594. The minimum Gasteiger partial charge on any atom is -0.394 e. The summed E-state index contributed by atoms with van der Waals surface area (Å²) in [6.45, 7) is 12.8. The average molecular weight is 581 g/mol. The Kier molecular flexibility index (Phi) is 8.07. The van der Waals surface area contributed by atoms with Crippen molar-refractivity contribution in [2.24, 2.45) is 17.8 Å². The molecule has 2 fully saturated rings. The number of likely N-dealkylation sites (N-methyl/N-ethyl adjacent to an activating group) is 1. The first kappa shape index (κ1) is 29.7. The summed E-state index contributed by atoms with van der Waals surface area (Å²) in [6, 6.07) is 6.68. The highest BCUT2D eigenvalue weighted by atomic mass is 32.2. The molecule has 0 aromatic heterocycles. The molecule has 1 aromatic carbocycles. The van der Waals surface area contributed by atoms with Crippen LogP contribution in [0.25, 0.3) is 0 Å². The zero-order valence-corrected chi connectivity index (χ0v) is 25.9. The zero-order chi connectivity index (χ0) is 29.7. The maximum Gasteiger partial charge on any atom is 0.251 e. The number of thioether (sulfide) groups is 1. The molecule has 9 heteroatoms. The number of nitrogens with zero attached hydrogens (tertiary/aromatic N) is 4.